The van der Waals surface area contributed by atoms with Crippen molar-refractivity contribution in [2.75, 3.05) is 6.16 Å². The standard InChI is InChI=1S/C8H13P/c1-3-7-4-2-6-9-8(7)5-1/h2,4,7-9H,1,3,5-6H2. The second-order valence-corrected chi connectivity index (χ2v) is 4.60. The van der Waals surface area contributed by atoms with Crippen LogP contribution < -0.4 is 0 Å². The third-order valence-electron chi connectivity index (χ3n) is 2.45. The quantitative estimate of drug-likeness (QED) is 0.358. The van der Waals surface area contributed by atoms with Gasteiger partial charge in [0.15, 0.2) is 0 Å². The lowest BCUT2D eigenvalue weighted by molar-refractivity contribution is 0.689. The molecule has 1 aliphatic heterocycles. The summed E-state index contributed by atoms with van der Waals surface area (Å²) in [6.45, 7) is 0. The van der Waals surface area contributed by atoms with Gasteiger partial charge in [0.05, 0.1) is 0 Å². The Morgan fingerprint density at radius 3 is 3.22 bits per heavy atom. The molecule has 0 nitrogen and oxygen atoms in total. The summed E-state index contributed by atoms with van der Waals surface area (Å²) in [4.78, 5) is 0. The van der Waals surface area contributed by atoms with E-state index in [-0.39, 0.29) is 0 Å². The van der Waals surface area contributed by atoms with E-state index in [0.29, 0.717) is 0 Å². The molecule has 0 aromatic heterocycles. The van der Waals surface area contributed by atoms with Crippen molar-refractivity contribution < 1.29 is 0 Å². The van der Waals surface area contributed by atoms with Gasteiger partial charge in [0.2, 0.25) is 0 Å². The number of allylic oxidation sites excluding steroid dienone is 2. The number of hydrogen-bond acceptors (Lipinski definition) is 0. The van der Waals surface area contributed by atoms with Crippen molar-refractivity contribution in [1.29, 1.82) is 0 Å². The molecule has 2 aliphatic rings. The first-order valence-electron chi connectivity index (χ1n) is 3.87. The van der Waals surface area contributed by atoms with Crippen LogP contribution in [0.1, 0.15) is 19.3 Å². The van der Waals surface area contributed by atoms with Gasteiger partial charge < -0.3 is 0 Å². The van der Waals surface area contributed by atoms with Gasteiger partial charge in [-0.25, -0.2) is 0 Å². The third-order valence-corrected chi connectivity index (χ3v) is 4.16. The summed E-state index contributed by atoms with van der Waals surface area (Å²) in [5.74, 6) is 0.997. The van der Waals surface area contributed by atoms with E-state index in [9.17, 15) is 0 Å². The van der Waals surface area contributed by atoms with E-state index in [2.05, 4.69) is 12.2 Å². The van der Waals surface area contributed by atoms with Crippen LogP contribution >= 0.6 is 8.58 Å². The summed E-state index contributed by atoms with van der Waals surface area (Å²) in [6, 6.07) is 0. The average molecular weight is 140 g/mol. The highest BCUT2D eigenvalue weighted by Gasteiger charge is 2.25. The fraction of sp³-hybridized carbons (Fsp3) is 0.750. The Labute approximate surface area is 58.5 Å². The molecular weight excluding hydrogens is 127 g/mol. The number of hydrogen-bond donors (Lipinski definition) is 0. The van der Waals surface area contributed by atoms with Crippen LogP contribution in [0.25, 0.3) is 0 Å². The van der Waals surface area contributed by atoms with Crippen molar-refractivity contribution in [3.8, 4) is 0 Å². The molecule has 0 spiro atoms. The van der Waals surface area contributed by atoms with E-state index in [4.69, 9.17) is 0 Å². The van der Waals surface area contributed by atoms with Gasteiger partial charge in [-0.2, -0.15) is 0 Å². The highest BCUT2D eigenvalue weighted by molar-refractivity contribution is 7.39. The molecule has 1 fully saturated rings. The van der Waals surface area contributed by atoms with Crippen LogP contribution in [0.2, 0.25) is 0 Å². The zero-order valence-electron chi connectivity index (χ0n) is 5.64. The van der Waals surface area contributed by atoms with Crippen LogP contribution in [0, 0.1) is 5.92 Å². The summed E-state index contributed by atoms with van der Waals surface area (Å²) in [5.41, 5.74) is 1.11. The molecule has 0 N–H and O–H groups in total. The minimum atomic E-state index is 0.997. The van der Waals surface area contributed by atoms with Crippen molar-refractivity contribution in [1.82, 2.24) is 0 Å². The summed E-state index contributed by atoms with van der Waals surface area (Å²) in [7, 11) is 1.25. The van der Waals surface area contributed by atoms with Crippen molar-refractivity contribution in [3.63, 3.8) is 0 Å². The Balaban J connectivity index is 2.10. The van der Waals surface area contributed by atoms with Crippen LogP contribution in [0.5, 0.6) is 0 Å². The lowest BCUT2D eigenvalue weighted by Crippen LogP contribution is -2.09. The fourth-order valence-electron chi connectivity index (χ4n) is 1.93. The van der Waals surface area contributed by atoms with Gasteiger partial charge in [-0.3, -0.25) is 0 Å². The van der Waals surface area contributed by atoms with E-state index in [0.717, 1.165) is 11.6 Å². The summed E-state index contributed by atoms with van der Waals surface area (Å²) in [5, 5.41) is 0. The molecule has 3 unspecified atom stereocenters. The molecule has 1 aliphatic carbocycles. The van der Waals surface area contributed by atoms with E-state index < -0.39 is 0 Å². The Bertz CT molecular complexity index is 129. The highest BCUT2D eigenvalue weighted by atomic mass is 31.1. The molecule has 0 amide bonds. The smallest absolute Gasteiger partial charge is 0.0168 e. The third kappa shape index (κ3) is 1.05. The molecular formula is C8H13P. The molecule has 0 radical (unpaired) electrons. The van der Waals surface area contributed by atoms with E-state index >= 15 is 0 Å². The Morgan fingerprint density at radius 2 is 2.33 bits per heavy atom. The first kappa shape index (κ1) is 5.92. The normalized spacial score (nSPS) is 43.6. The maximum Gasteiger partial charge on any atom is -0.0168 e. The van der Waals surface area contributed by atoms with Crippen molar-refractivity contribution in [3.05, 3.63) is 12.2 Å². The van der Waals surface area contributed by atoms with Gasteiger partial charge in [0, 0.05) is 0 Å². The van der Waals surface area contributed by atoms with Gasteiger partial charge >= 0.3 is 0 Å². The van der Waals surface area contributed by atoms with Crippen molar-refractivity contribution in [2.24, 2.45) is 5.92 Å². The molecule has 0 bridgehead atoms. The maximum atomic E-state index is 2.45. The van der Waals surface area contributed by atoms with E-state index in [1.165, 1.54) is 34.0 Å². The van der Waals surface area contributed by atoms with Gasteiger partial charge in [-0.05, 0) is 30.6 Å². The Hall–Kier alpha value is 0.170. The first-order valence-corrected chi connectivity index (χ1v) is 5.15. The SMILES string of the molecule is C1=CC2CCCC2PC1. The van der Waals surface area contributed by atoms with Gasteiger partial charge in [0.25, 0.3) is 0 Å². The fourth-order valence-corrected chi connectivity index (χ4v) is 3.50. The summed E-state index contributed by atoms with van der Waals surface area (Å²) < 4.78 is 0. The molecule has 1 heteroatoms. The molecule has 1 heterocycles. The maximum absolute atomic E-state index is 2.45. The molecule has 3 atom stereocenters. The van der Waals surface area contributed by atoms with Crippen LogP contribution in [0.15, 0.2) is 12.2 Å². The Morgan fingerprint density at radius 1 is 1.33 bits per heavy atom. The molecule has 50 valence electrons. The average Bonchev–Trinajstić information content (AvgIpc) is 2.33. The molecule has 2 rings (SSSR count). The van der Waals surface area contributed by atoms with Crippen molar-refractivity contribution in [2.45, 2.75) is 24.9 Å². The topological polar surface area (TPSA) is 0 Å². The molecule has 0 aromatic rings. The van der Waals surface area contributed by atoms with Gasteiger partial charge in [0.1, 0.15) is 0 Å². The summed E-state index contributed by atoms with van der Waals surface area (Å²) >= 11 is 0. The largest absolute Gasteiger partial charge is 0.114 e. The van der Waals surface area contributed by atoms with Gasteiger partial charge in [-0.15, -0.1) is 8.58 Å². The van der Waals surface area contributed by atoms with Crippen LogP contribution in [-0.4, -0.2) is 11.8 Å². The molecule has 1 saturated carbocycles. The molecule has 9 heavy (non-hydrogen) atoms. The minimum absolute atomic E-state index is 0.997. The zero-order chi connectivity index (χ0) is 6.10. The van der Waals surface area contributed by atoms with Crippen LogP contribution in [0.3, 0.4) is 0 Å². The van der Waals surface area contributed by atoms with Crippen LogP contribution in [-0.2, 0) is 0 Å². The molecule has 0 saturated heterocycles. The number of fused-ring (bicyclic) bond motifs is 1. The lowest BCUT2D eigenvalue weighted by Gasteiger charge is -2.19. The van der Waals surface area contributed by atoms with Crippen LogP contribution in [0.4, 0.5) is 0 Å². The first-order chi connectivity index (χ1) is 4.47. The second kappa shape index (κ2) is 2.42. The predicted octanol–water partition coefficient (Wildman–Crippen LogP) is 2.40. The predicted molar refractivity (Wildman–Crippen MR) is 43.5 cm³/mol. The number of rotatable bonds is 0. The molecule has 0 aromatic carbocycles. The lowest BCUT2D eigenvalue weighted by atomic mass is 10.1. The summed E-state index contributed by atoms with van der Waals surface area (Å²) in [6.07, 6.45) is 10.7. The highest BCUT2D eigenvalue weighted by Crippen LogP contribution is 2.42. The van der Waals surface area contributed by atoms with E-state index in [1.54, 1.807) is 0 Å². The van der Waals surface area contributed by atoms with E-state index in [1.807, 2.05) is 0 Å². The zero-order valence-corrected chi connectivity index (χ0v) is 6.64. The van der Waals surface area contributed by atoms with Gasteiger partial charge in [-0.1, -0.05) is 18.6 Å². The second-order valence-electron chi connectivity index (χ2n) is 3.04. The Kier molecular flexibility index (Phi) is 1.59. The monoisotopic (exact) mass is 140 g/mol. The minimum Gasteiger partial charge on any atom is -0.114 e. The van der Waals surface area contributed by atoms with Crippen molar-refractivity contribution >= 4 is 8.58 Å².